The highest BCUT2D eigenvalue weighted by atomic mass is 35.5. The van der Waals surface area contributed by atoms with Gasteiger partial charge in [-0.1, -0.05) is 35.3 Å². The molecule has 1 aromatic heterocycles. The Morgan fingerprint density at radius 1 is 1.26 bits per heavy atom. The Morgan fingerprint density at radius 2 is 1.96 bits per heavy atom. The van der Waals surface area contributed by atoms with Crippen LogP contribution in [0.15, 0.2) is 30.3 Å². The number of hydrogen-bond donors (Lipinski definition) is 2. The molecule has 2 amide bonds. The predicted molar refractivity (Wildman–Crippen MR) is 86.4 cm³/mol. The topological polar surface area (TPSA) is 67.4 Å². The monoisotopic (exact) mass is 376 g/mol. The minimum Gasteiger partial charge on any atom is -0.478 e. The van der Waals surface area contributed by atoms with Gasteiger partial charge in [-0.05, 0) is 25.1 Å². The molecule has 0 saturated heterocycles. The quantitative estimate of drug-likeness (QED) is 0.803. The van der Waals surface area contributed by atoms with Gasteiger partial charge < -0.3 is 4.74 Å². The number of hydrazine groups is 1. The average Bonchev–Trinajstić information content (AvgIpc) is 2.85. The third kappa shape index (κ3) is 4.57. The van der Waals surface area contributed by atoms with Crippen LogP contribution < -0.4 is 15.6 Å². The highest BCUT2D eigenvalue weighted by Crippen LogP contribution is 2.30. The Morgan fingerprint density at radius 3 is 2.57 bits per heavy atom. The number of para-hydroxylation sites is 1. The van der Waals surface area contributed by atoms with Crippen molar-refractivity contribution in [2.45, 2.75) is 13.0 Å². The molecule has 9 heteroatoms. The van der Waals surface area contributed by atoms with Gasteiger partial charge in [0.15, 0.2) is 17.7 Å². The van der Waals surface area contributed by atoms with Crippen molar-refractivity contribution in [2.75, 3.05) is 0 Å². The van der Waals surface area contributed by atoms with Crippen molar-refractivity contribution in [2.24, 2.45) is 0 Å². The molecule has 0 bridgehead atoms. The van der Waals surface area contributed by atoms with Crippen molar-refractivity contribution in [3.8, 4) is 5.75 Å². The van der Waals surface area contributed by atoms with Gasteiger partial charge in [0.1, 0.15) is 4.34 Å². The van der Waals surface area contributed by atoms with Crippen LogP contribution in [0.2, 0.25) is 8.67 Å². The number of rotatable bonds is 4. The first-order valence-electron chi connectivity index (χ1n) is 6.34. The summed E-state index contributed by atoms with van der Waals surface area (Å²) in [5.41, 5.74) is 4.50. The van der Waals surface area contributed by atoms with Crippen molar-refractivity contribution < 1.29 is 18.7 Å². The number of ether oxygens (including phenoxy) is 1. The van der Waals surface area contributed by atoms with Crippen LogP contribution in [0.5, 0.6) is 5.75 Å². The van der Waals surface area contributed by atoms with E-state index in [9.17, 15) is 14.0 Å². The highest BCUT2D eigenvalue weighted by Gasteiger charge is 2.19. The molecule has 0 aliphatic carbocycles. The maximum atomic E-state index is 13.4. The lowest BCUT2D eigenvalue weighted by molar-refractivity contribution is -0.128. The normalized spacial score (nSPS) is 11.7. The van der Waals surface area contributed by atoms with E-state index in [-0.39, 0.29) is 15.6 Å². The first kappa shape index (κ1) is 17.5. The molecule has 0 saturated carbocycles. The number of carbonyl (C=O) groups excluding carboxylic acids is 2. The molecule has 0 radical (unpaired) electrons. The van der Waals surface area contributed by atoms with Crippen molar-refractivity contribution in [1.82, 2.24) is 10.9 Å². The number of benzene rings is 1. The molecule has 1 aromatic carbocycles. The molecule has 122 valence electrons. The molecule has 2 N–H and O–H groups in total. The molecule has 0 spiro atoms. The molecular weight excluding hydrogens is 366 g/mol. The summed E-state index contributed by atoms with van der Waals surface area (Å²) in [5.74, 6) is -1.92. The zero-order chi connectivity index (χ0) is 17.0. The summed E-state index contributed by atoms with van der Waals surface area (Å²) >= 11 is 12.6. The van der Waals surface area contributed by atoms with Gasteiger partial charge in [0.2, 0.25) is 0 Å². The predicted octanol–water partition coefficient (Wildman–Crippen LogP) is 3.42. The highest BCUT2D eigenvalue weighted by molar-refractivity contribution is 7.20. The Hall–Kier alpha value is -1.83. The zero-order valence-corrected chi connectivity index (χ0v) is 14.1. The summed E-state index contributed by atoms with van der Waals surface area (Å²) < 4.78 is 19.2. The van der Waals surface area contributed by atoms with E-state index in [0.717, 1.165) is 11.3 Å². The summed E-state index contributed by atoms with van der Waals surface area (Å²) in [7, 11) is 0. The van der Waals surface area contributed by atoms with Crippen LogP contribution in [0.3, 0.4) is 0 Å². The SMILES string of the molecule is CC(Oc1ccccc1F)C(=O)NNC(=O)c1cc(Cl)sc1Cl. The van der Waals surface area contributed by atoms with Gasteiger partial charge in [-0.15, -0.1) is 11.3 Å². The summed E-state index contributed by atoms with van der Waals surface area (Å²) in [5, 5.41) is 0. The number of hydrogen-bond acceptors (Lipinski definition) is 4. The van der Waals surface area contributed by atoms with E-state index >= 15 is 0 Å². The number of thiophene rings is 1. The lowest BCUT2D eigenvalue weighted by Gasteiger charge is -2.15. The third-order valence-corrected chi connectivity index (χ3v) is 4.20. The van der Waals surface area contributed by atoms with E-state index in [4.69, 9.17) is 27.9 Å². The van der Waals surface area contributed by atoms with Crippen LogP contribution in [0.1, 0.15) is 17.3 Å². The van der Waals surface area contributed by atoms with Gasteiger partial charge in [0.25, 0.3) is 11.8 Å². The van der Waals surface area contributed by atoms with Crippen molar-refractivity contribution in [1.29, 1.82) is 0 Å². The van der Waals surface area contributed by atoms with Crippen molar-refractivity contribution in [3.05, 3.63) is 50.4 Å². The number of nitrogens with one attached hydrogen (secondary N) is 2. The Bertz CT molecular complexity index is 739. The van der Waals surface area contributed by atoms with Gasteiger partial charge in [0, 0.05) is 0 Å². The first-order valence-corrected chi connectivity index (χ1v) is 7.92. The molecule has 2 rings (SSSR count). The summed E-state index contributed by atoms with van der Waals surface area (Å²) in [6, 6.07) is 7.07. The fourth-order valence-corrected chi connectivity index (χ4v) is 3.03. The van der Waals surface area contributed by atoms with E-state index in [1.54, 1.807) is 6.07 Å². The number of amides is 2. The maximum Gasteiger partial charge on any atom is 0.279 e. The van der Waals surface area contributed by atoms with Crippen LogP contribution in [0.25, 0.3) is 0 Å². The fourth-order valence-electron chi connectivity index (χ4n) is 1.57. The molecule has 0 aliphatic rings. The van der Waals surface area contributed by atoms with Gasteiger partial charge in [-0.3, -0.25) is 20.4 Å². The number of carbonyl (C=O) groups is 2. The van der Waals surface area contributed by atoms with E-state index in [0.29, 0.717) is 4.34 Å². The van der Waals surface area contributed by atoms with Crippen LogP contribution >= 0.6 is 34.5 Å². The second-order valence-corrected chi connectivity index (χ2v) is 6.66. The maximum absolute atomic E-state index is 13.4. The molecule has 1 atom stereocenters. The van der Waals surface area contributed by atoms with Gasteiger partial charge in [-0.2, -0.15) is 0 Å². The van der Waals surface area contributed by atoms with Gasteiger partial charge >= 0.3 is 0 Å². The molecule has 1 heterocycles. The second-order valence-electron chi connectivity index (χ2n) is 4.37. The van der Waals surface area contributed by atoms with Crippen LogP contribution in [-0.4, -0.2) is 17.9 Å². The minimum atomic E-state index is -1.02. The standard InChI is InChI=1S/C14H11Cl2FN2O3S/c1-7(22-10-5-3-2-4-9(10)17)13(20)18-19-14(21)8-6-11(15)23-12(8)16/h2-7H,1H3,(H,18,20)(H,19,21). The lowest BCUT2D eigenvalue weighted by atomic mass is 10.3. The Labute approximate surface area is 145 Å². The summed E-state index contributed by atoms with van der Waals surface area (Å²) in [6.07, 6.45) is -1.02. The van der Waals surface area contributed by atoms with Crippen LogP contribution in [-0.2, 0) is 4.79 Å². The molecular formula is C14H11Cl2FN2O3S. The Kier molecular flexibility index (Phi) is 5.81. The van der Waals surface area contributed by atoms with E-state index in [2.05, 4.69) is 10.9 Å². The van der Waals surface area contributed by atoms with Crippen molar-refractivity contribution >= 4 is 46.4 Å². The fraction of sp³-hybridized carbons (Fsp3) is 0.143. The van der Waals surface area contributed by atoms with Gasteiger partial charge in [-0.25, -0.2) is 4.39 Å². The third-order valence-electron chi connectivity index (χ3n) is 2.71. The molecule has 0 aliphatic heterocycles. The van der Waals surface area contributed by atoms with Crippen LogP contribution in [0.4, 0.5) is 4.39 Å². The average molecular weight is 377 g/mol. The zero-order valence-electron chi connectivity index (χ0n) is 11.7. The van der Waals surface area contributed by atoms with E-state index in [1.807, 2.05) is 0 Å². The van der Waals surface area contributed by atoms with Crippen LogP contribution in [0, 0.1) is 5.82 Å². The largest absolute Gasteiger partial charge is 0.478 e. The lowest BCUT2D eigenvalue weighted by Crippen LogP contribution is -2.47. The first-order chi connectivity index (χ1) is 10.9. The summed E-state index contributed by atoms with van der Waals surface area (Å²) in [6.45, 7) is 1.42. The summed E-state index contributed by atoms with van der Waals surface area (Å²) in [4.78, 5) is 23.7. The van der Waals surface area contributed by atoms with E-state index in [1.165, 1.54) is 31.2 Å². The second kappa shape index (κ2) is 7.63. The number of halogens is 3. The molecule has 23 heavy (non-hydrogen) atoms. The van der Waals surface area contributed by atoms with E-state index < -0.39 is 23.7 Å². The molecule has 2 aromatic rings. The smallest absolute Gasteiger partial charge is 0.279 e. The van der Waals surface area contributed by atoms with Crippen molar-refractivity contribution in [3.63, 3.8) is 0 Å². The molecule has 0 fully saturated rings. The molecule has 5 nitrogen and oxygen atoms in total. The van der Waals surface area contributed by atoms with Gasteiger partial charge in [0.05, 0.1) is 9.90 Å². The minimum absolute atomic E-state index is 0.0610. The molecule has 1 unspecified atom stereocenters. The Balaban J connectivity index is 1.90.